The van der Waals surface area contributed by atoms with Crippen LogP contribution in [0.15, 0.2) is 54.6 Å². The van der Waals surface area contributed by atoms with E-state index in [0.717, 1.165) is 17.8 Å². The monoisotopic (exact) mass is 390 g/mol. The molecule has 5 nitrogen and oxygen atoms in total. The average Bonchev–Trinajstić information content (AvgIpc) is 2.68. The van der Waals surface area contributed by atoms with Crippen LogP contribution in [0.25, 0.3) is 0 Å². The summed E-state index contributed by atoms with van der Waals surface area (Å²) < 4.78 is 54.6. The first kappa shape index (κ1) is 19.5. The molecule has 0 aliphatic rings. The highest BCUT2D eigenvalue weighted by Crippen LogP contribution is 2.33. The zero-order valence-electron chi connectivity index (χ0n) is 15.2. The van der Waals surface area contributed by atoms with Crippen LogP contribution in [0, 0.1) is 0 Å². The quantitative estimate of drug-likeness (QED) is 0.544. The van der Waals surface area contributed by atoms with Crippen molar-refractivity contribution in [1.29, 1.82) is 0 Å². The van der Waals surface area contributed by atoms with Crippen LogP contribution in [0.5, 0.6) is 29.1 Å². The van der Waals surface area contributed by atoms with E-state index < -0.39 is 11.7 Å². The lowest BCUT2D eigenvalue weighted by atomic mass is 10.2. The minimum atomic E-state index is -4.42. The molecule has 1 aromatic heterocycles. The van der Waals surface area contributed by atoms with Crippen molar-refractivity contribution < 1.29 is 27.4 Å². The molecule has 2 aromatic carbocycles. The summed E-state index contributed by atoms with van der Waals surface area (Å²) >= 11 is 0. The molecule has 0 atom stereocenters. The maximum atomic E-state index is 12.8. The highest BCUT2D eigenvalue weighted by molar-refractivity contribution is 5.38. The number of nitrogens with zero attached hydrogens (tertiary/aromatic N) is 2. The van der Waals surface area contributed by atoms with Crippen molar-refractivity contribution in [3.05, 3.63) is 65.9 Å². The summed E-state index contributed by atoms with van der Waals surface area (Å²) in [7, 11) is 1.47. The van der Waals surface area contributed by atoms with E-state index in [9.17, 15) is 13.2 Å². The van der Waals surface area contributed by atoms with Crippen molar-refractivity contribution in [3.63, 3.8) is 0 Å². The molecule has 8 heteroatoms. The number of methoxy groups -OCH3 is 1. The lowest BCUT2D eigenvalue weighted by Gasteiger charge is -2.11. The lowest BCUT2D eigenvalue weighted by Crippen LogP contribution is -2.04. The zero-order chi connectivity index (χ0) is 20.1. The smallest absolute Gasteiger partial charge is 0.416 e. The van der Waals surface area contributed by atoms with Gasteiger partial charge in [0.15, 0.2) is 0 Å². The molecule has 0 amide bonds. The van der Waals surface area contributed by atoms with Crippen molar-refractivity contribution in [2.45, 2.75) is 19.5 Å². The zero-order valence-corrected chi connectivity index (χ0v) is 15.2. The summed E-state index contributed by atoms with van der Waals surface area (Å²) in [5.41, 5.74) is 0.000686. The number of rotatable bonds is 6. The Bertz CT molecular complexity index is 922. The summed E-state index contributed by atoms with van der Waals surface area (Å²) in [6.07, 6.45) is -3.73. The van der Waals surface area contributed by atoms with Gasteiger partial charge in [0.05, 0.1) is 18.4 Å². The van der Waals surface area contributed by atoms with Gasteiger partial charge in [0, 0.05) is 6.07 Å². The third-order valence-corrected chi connectivity index (χ3v) is 3.72. The number of ether oxygens (including phenoxy) is 3. The predicted octanol–water partition coefficient (Wildman–Crippen LogP) is 5.65. The third kappa shape index (κ3) is 4.91. The van der Waals surface area contributed by atoms with Gasteiger partial charge < -0.3 is 14.2 Å². The first-order chi connectivity index (χ1) is 13.4. The summed E-state index contributed by atoms with van der Waals surface area (Å²) in [5.74, 6) is 1.28. The van der Waals surface area contributed by atoms with Crippen LogP contribution < -0.4 is 14.2 Å². The molecule has 0 saturated heterocycles. The van der Waals surface area contributed by atoms with Crippen LogP contribution in [0.1, 0.15) is 18.2 Å². The fraction of sp³-hybridized carbons (Fsp3) is 0.200. The van der Waals surface area contributed by atoms with Gasteiger partial charge in [0.2, 0.25) is 5.88 Å². The van der Waals surface area contributed by atoms with E-state index >= 15 is 0 Å². The van der Waals surface area contributed by atoms with Crippen molar-refractivity contribution in [2.75, 3.05) is 7.11 Å². The van der Waals surface area contributed by atoms with Crippen LogP contribution in [-0.2, 0) is 12.6 Å². The van der Waals surface area contributed by atoms with Gasteiger partial charge in [-0.1, -0.05) is 13.0 Å². The first-order valence-corrected chi connectivity index (χ1v) is 8.42. The van der Waals surface area contributed by atoms with Crippen LogP contribution in [0.3, 0.4) is 0 Å². The molecule has 0 saturated carbocycles. The fourth-order valence-electron chi connectivity index (χ4n) is 2.34. The second-order valence-electron chi connectivity index (χ2n) is 5.74. The van der Waals surface area contributed by atoms with Gasteiger partial charge in [0.1, 0.15) is 17.2 Å². The molecule has 0 aliphatic carbocycles. The molecule has 1 heterocycles. The Morgan fingerprint density at radius 3 is 2.14 bits per heavy atom. The molecule has 0 spiro atoms. The van der Waals surface area contributed by atoms with Gasteiger partial charge in [-0.25, -0.2) is 4.98 Å². The van der Waals surface area contributed by atoms with E-state index in [1.54, 1.807) is 30.3 Å². The van der Waals surface area contributed by atoms with Crippen LogP contribution in [0.4, 0.5) is 13.2 Å². The second-order valence-corrected chi connectivity index (χ2v) is 5.74. The van der Waals surface area contributed by atoms with Gasteiger partial charge in [-0.05, 0) is 48.9 Å². The van der Waals surface area contributed by atoms with Crippen molar-refractivity contribution in [1.82, 2.24) is 9.97 Å². The first-order valence-electron chi connectivity index (χ1n) is 8.42. The van der Waals surface area contributed by atoms with Gasteiger partial charge in [-0.3, -0.25) is 0 Å². The van der Waals surface area contributed by atoms with Crippen LogP contribution >= 0.6 is 0 Å². The van der Waals surface area contributed by atoms with Crippen molar-refractivity contribution in [2.24, 2.45) is 0 Å². The molecule has 3 rings (SSSR count). The Balaban J connectivity index is 1.72. The highest BCUT2D eigenvalue weighted by atomic mass is 19.4. The Labute approximate surface area is 159 Å². The number of hydrogen-bond donors (Lipinski definition) is 0. The Morgan fingerprint density at radius 1 is 0.857 bits per heavy atom. The molecule has 3 aromatic rings. The van der Waals surface area contributed by atoms with E-state index in [1.807, 2.05) is 6.92 Å². The molecule has 0 unspecified atom stereocenters. The standard InChI is InChI=1S/C20H17F3N2O3/c1-3-14-12-18(25-19(24-14)26-2)28-16-9-7-15(8-10-16)27-17-6-4-5-13(11-17)20(21,22)23/h4-12H,3H2,1-2H3. The minimum Gasteiger partial charge on any atom is -0.467 e. The molecule has 0 aliphatic heterocycles. The summed E-state index contributed by atoms with van der Waals surface area (Å²) in [6.45, 7) is 1.95. The third-order valence-electron chi connectivity index (χ3n) is 3.72. The number of aryl methyl sites for hydroxylation is 1. The topological polar surface area (TPSA) is 53.5 Å². The van der Waals surface area contributed by atoms with E-state index in [1.165, 1.54) is 19.2 Å². The predicted molar refractivity (Wildman–Crippen MR) is 96.0 cm³/mol. The largest absolute Gasteiger partial charge is 0.467 e. The van der Waals surface area contributed by atoms with E-state index in [4.69, 9.17) is 14.2 Å². The van der Waals surface area contributed by atoms with E-state index in [0.29, 0.717) is 23.8 Å². The fourth-order valence-corrected chi connectivity index (χ4v) is 2.34. The Morgan fingerprint density at radius 2 is 1.54 bits per heavy atom. The second kappa shape index (κ2) is 8.16. The maximum absolute atomic E-state index is 12.8. The molecular weight excluding hydrogens is 373 g/mol. The number of alkyl halides is 3. The molecular formula is C20H17F3N2O3. The van der Waals surface area contributed by atoms with Gasteiger partial charge in [-0.2, -0.15) is 18.2 Å². The molecule has 0 fully saturated rings. The number of halogens is 3. The summed E-state index contributed by atoms with van der Waals surface area (Å²) in [6, 6.07) is 13.0. The highest BCUT2D eigenvalue weighted by Gasteiger charge is 2.30. The van der Waals surface area contributed by atoms with Crippen LogP contribution in [0.2, 0.25) is 0 Å². The summed E-state index contributed by atoms with van der Waals surface area (Å²) in [4.78, 5) is 8.31. The van der Waals surface area contributed by atoms with Crippen molar-refractivity contribution >= 4 is 0 Å². The normalized spacial score (nSPS) is 11.2. The van der Waals surface area contributed by atoms with Gasteiger partial charge in [-0.15, -0.1) is 0 Å². The SMILES string of the molecule is CCc1cc(Oc2ccc(Oc3cccc(C(F)(F)F)c3)cc2)nc(OC)n1. The number of benzene rings is 2. The average molecular weight is 390 g/mol. The number of hydrogen-bond acceptors (Lipinski definition) is 5. The Kier molecular flexibility index (Phi) is 5.67. The van der Waals surface area contributed by atoms with Gasteiger partial charge in [0.25, 0.3) is 0 Å². The minimum absolute atomic E-state index is 0.0941. The van der Waals surface area contributed by atoms with E-state index in [2.05, 4.69) is 9.97 Å². The molecule has 146 valence electrons. The Hall–Kier alpha value is -3.29. The van der Waals surface area contributed by atoms with Gasteiger partial charge >= 0.3 is 12.2 Å². The van der Waals surface area contributed by atoms with Crippen molar-refractivity contribution in [3.8, 4) is 29.1 Å². The van der Waals surface area contributed by atoms with Crippen LogP contribution in [-0.4, -0.2) is 17.1 Å². The molecule has 0 radical (unpaired) electrons. The summed E-state index contributed by atoms with van der Waals surface area (Å²) in [5, 5.41) is 0. The number of aromatic nitrogens is 2. The maximum Gasteiger partial charge on any atom is 0.416 e. The van der Waals surface area contributed by atoms with E-state index in [-0.39, 0.29) is 11.8 Å². The molecule has 0 N–H and O–H groups in total. The lowest BCUT2D eigenvalue weighted by molar-refractivity contribution is -0.137. The molecule has 28 heavy (non-hydrogen) atoms. The molecule has 0 bridgehead atoms.